The molecule has 0 aromatic heterocycles. The number of rotatable bonds is 4. The number of aliphatic hydroxyl groups excluding tert-OH is 1. The highest BCUT2D eigenvalue weighted by Crippen LogP contribution is 2.37. The Bertz CT molecular complexity index is 767. The van der Waals surface area contributed by atoms with Crippen molar-refractivity contribution in [2.24, 2.45) is 0 Å². The Morgan fingerprint density at radius 2 is 1.52 bits per heavy atom. The number of carbonyl (C=O) groups is 1. The summed E-state index contributed by atoms with van der Waals surface area (Å²) in [5.41, 5.74) is 0.688. The van der Waals surface area contributed by atoms with E-state index in [0.29, 0.717) is 24.8 Å². The minimum absolute atomic E-state index is 0.236. The summed E-state index contributed by atoms with van der Waals surface area (Å²) in [5.74, 6) is -0.240. The first-order valence-corrected chi connectivity index (χ1v) is 11.5. The van der Waals surface area contributed by atoms with Crippen molar-refractivity contribution in [3.05, 3.63) is 72.3 Å². The van der Waals surface area contributed by atoms with Crippen molar-refractivity contribution in [2.75, 3.05) is 0 Å². The molecule has 0 bridgehead atoms. The highest BCUT2D eigenvalue weighted by atomic mass is 28.4. The second kappa shape index (κ2) is 7.83. The molecule has 0 amide bonds. The van der Waals surface area contributed by atoms with Crippen molar-refractivity contribution in [1.82, 2.24) is 0 Å². The van der Waals surface area contributed by atoms with Gasteiger partial charge in [-0.15, -0.1) is 0 Å². The van der Waals surface area contributed by atoms with Crippen LogP contribution in [-0.4, -0.2) is 25.5 Å². The van der Waals surface area contributed by atoms with Crippen LogP contribution in [0.2, 0.25) is 5.04 Å². The summed E-state index contributed by atoms with van der Waals surface area (Å²) in [6.45, 7) is 6.47. The molecule has 2 aromatic carbocycles. The minimum atomic E-state index is -2.87. The summed E-state index contributed by atoms with van der Waals surface area (Å²) in [7, 11) is -2.87. The van der Waals surface area contributed by atoms with Gasteiger partial charge in [0.25, 0.3) is 0 Å². The molecule has 1 aliphatic carbocycles. The fourth-order valence-corrected chi connectivity index (χ4v) is 8.20. The average Bonchev–Trinajstić information content (AvgIpc) is 2.67. The maximum Gasteiger partial charge on any atom is 0.324 e. The Hall–Kier alpha value is -2.17. The second-order valence-electron chi connectivity index (χ2n) is 8.21. The Kier molecular flexibility index (Phi) is 5.68. The molecule has 0 aliphatic heterocycles. The first-order valence-electron chi connectivity index (χ1n) is 9.56. The lowest BCUT2D eigenvalue weighted by molar-refractivity contribution is -0.131. The van der Waals surface area contributed by atoms with Gasteiger partial charge in [0.15, 0.2) is 0 Å². The van der Waals surface area contributed by atoms with E-state index in [1.54, 1.807) is 0 Å². The number of benzene rings is 2. The van der Waals surface area contributed by atoms with Gasteiger partial charge < -0.3 is 9.53 Å². The van der Waals surface area contributed by atoms with Gasteiger partial charge in [0.1, 0.15) is 0 Å². The molecule has 0 fully saturated rings. The van der Waals surface area contributed by atoms with Gasteiger partial charge in [0.2, 0.25) is 0 Å². The number of hydrogen-bond acceptors (Lipinski definition) is 3. The molecule has 3 nitrogen and oxygen atoms in total. The molecule has 1 N–H and O–H groups in total. The standard InChI is InChI=1S/C23H28O3Si/c1-23(2,3)27(20-10-6-4-7-11-20,21-12-8-5-9-13-21)26-22(25)18-14-16-19(24)17-15-18/h4-14,19,24H,15-17H2,1-3H3. The van der Waals surface area contributed by atoms with Gasteiger partial charge in [0, 0.05) is 5.57 Å². The van der Waals surface area contributed by atoms with Gasteiger partial charge in [0.05, 0.1) is 6.10 Å². The lowest BCUT2D eigenvalue weighted by atomic mass is 9.97. The molecule has 27 heavy (non-hydrogen) atoms. The Labute approximate surface area is 162 Å². The third kappa shape index (κ3) is 3.92. The van der Waals surface area contributed by atoms with Gasteiger partial charge in [-0.3, -0.25) is 0 Å². The zero-order valence-electron chi connectivity index (χ0n) is 16.3. The zero-order chi connectivity index (χ0) is 19.5. The summed E-state index contributed by atoms with van der Waals surface area (Å²) < 4.78 is 6.50. The predicted octanol–water partition coefficient (Wildman–Crippen LogP) is 3.56. The molecular formula is C23H28O3Si. The van der Waals surface area contributed by atoms with Crippen molar-refractivity contribution in [3.63, 3.8) is 0 Å². The van der Waals surface area contributed by atoms with Crippen molar-refractivity contribution in [1.29, 1.82) is 0 Å². The molecule has 142 valence electrons. The molecule has 0 saturated heterocycles. The van der Waals surface area contributed by atoms with Crippen LogP contribution in [0.15, 0.2) is 72.3 Å². The first-order chi connectivity index (χ1) is 12.8. The fraction of sp³-hybridized carbons (Fsp3) is 0.348. The van der Waals surface area contributed by atoms with Gasteiger partial charge in [-0.2, -0.15) is 0 Å². The van der Waals surface area contributed by atoms with Crippen LogP contribution in [0, 0.1) is 0 Å². The van der Waals surface area contributed by atoms with Crippen molar-refractivity contribution >= 4 is 24.7 Å². The van der Waals surface area contributed by atoms with Crippen LogP contribution < -0.4 is 10.4 Å². The largest absolute Gasteiger partial charge is 0.506 e. The predicted molar refractivity (Wildman–Crippen MR) is 112 cm³/mol. The lowest BCUT2D eigenvalue weighted by Crippen LogP contribution is -2.67. The van der Waals surface area contributed by atoms with Crippen LogP contribution in [0.1, 0.15) is 40.0 Å². The van der Waals surface area contributed by atoms with Crippen molar-refractivity contribution in [2.45, 2.75) is 51.2 Å². The molecule has 1 aliphatic rings. The molecule has 2 aromatic rings. The van der Waals surface area contributed by atoms with E-state index >= 15 is 0 Å². The van der Waals surface area contributed by atoms with Crippen molar-refractivity contribution < 1.29 is 14.3 Å². The van der Waals surface area contributed by atoms with Gasteiger partial charge in [-0.25, -0.2) is 4.79 Å². The SMILES string of the molecule is CC(C)(C)[Si](OC(=O)C1=CCC(O)CC1)(c1ccccc1)c1ccccc1. The fourth-order valence-electron chi connectivity index (χ4n) is 3.86. The van der Waals surface area contributed by atoms with E-state index in [2.05, 4.69) is 45.0 Å². The Morgan fingerprint density at radius 3 is 1.93 bits per heavy atom. The van der Waals surface area contributed by atoms with E-state index in [-0.39, 0.29) is 17.1 Å². The van der Waals surface area contributed by atoms with E-state index < -0.39 is 8.32 Å². The molecule has 0 heterocycles. The third-order valence-corrected chi connectivity index (χ3v) is 10.2. The highest BCUT2D eigenvalue weighted by molar-refractivity contribution is 7.00. The molecule has 1 atom stereocenters. The second-order valence-corrected chi connectivity index (χ2v) is 12.4. The Morgan fingerprint density at radius 1 is 1.00 bits per heavy atom. The van der Waals surface area contributed by atoms with Crippen LogP contribution in [0.4, 0.5) is 0 Å². The third-order valence-electron chi connectivity index (χ3n) is 5.31. The van der Waals surface area contributed by atoms with E-state index in [9.17, 15) is 9.90 Å². The molecular weight excluding hydrogens is 352 g/mol. The van der Waals surface area contributed by atoms with Crippen LogP contribution in [0.25, 0.3) is 0 Å². The molecule has 0 saturated carbocycles. The summed E-state index contributed by atoms with van der Waals surface area (Å²) in [6.07, 6.45) is 3.19. The monoisotopic (exact) mass is 380 g/mol. The molecule has 0 radical (unpaired) electrons. The van der Waals surface area contributed by atoms with Crippen molar-refractivity contribution in [3.8, 4) is 0 Å². The van der Waals surface area contributed by atoms with Gasteiger partial charge in [-0.05, 0) is 34.7 Å². The minimum Gasteiger partial charge on any atom is -0.506 e. The Balaban J connectivity index is 2.11. The highest BCUT2D eigenvalue weighted by Gasteiger charge is 2.53. The number of aliphatic hydroxyl groups is 1. The molecule has 4 heteroatoms. The van der Waals surface area contributed by atoms with E-state index in [1.807, 2.05) is 42.5 Å². The number of carbonyl (C=O) groups excluding carboxylic acids is 1. The summed E-state index contributed by atoms with van der Waals surface area (Å²) in [4.78, 5) is 13.2. The first kappa shape index (κ1) is 19.6. The van der Waals surface area contributed by atoms with Crippen LogP contribution in [0.5, 0.6) is 0 Å². The summed E-state index contributed by atoms with van der Waals surface area (Å²) >= 11 is 0. The normalized spacial score (nSPS) is 17.9. The van der Waals surface area contributed by atoms with E-state index in [4.69, 9.17) is 4.43 Å². The maximum absolute atomic E-state index is 13.2. The van der Waals surface area contributed by atoms with Crippen LogP contribution in [0.3, 0.4) is 0 Å². The molecule has 0 spiro atoms. The number of hydrogen-bond donors (Lipinski definition) is 1. The topological polar surface area (TPSA) is 46.5 Å². The summed E-state index contributed by atoms with van der Waals surface area (Å²) in [5, 5.41) is 11.7. The van der Waals surface area contributed by atoms with E-state index in [0.717, 1.165) is 10.4 Å². The smallest absolute Gasteiger partial charge is 0.324 e. The zero-order valence-corrected chi connectivity index (χ0v) is 17.3. The molecule has 1 unspecified atom stereocenters. The maximum atomic E-state index is 13.2. The summed E-state index contributed by atoms with van der Waals surface area (Å²) in [6, 6.07) is 20.3. The molecule has 3 rings (SSSR count). The average molecular weight is 381 g/mol. The van der Waals surface area contributed by atoms with Crippen LogP contribution >= 0.6 is 0 Å². The quantitative estimate of drug-likeness (QED) is 0.825. The van der Waals surface area contributed by atoms with Crippen LogP contribution in [-0.2, 0) is 9.22 Å². The lowest BCUT2D eigenvalue weighted by Gasteiger charge is -2.42. The van der Waals surface area contributed by atoms with Gasteiger partial charge >= 0.3 is 14.3 Å². The van der Waals surface area contributed by atoms with Gasteiger partial charge in [-0.1, -0.05) is 87.5 Å². The van der Waals surface area contributed by atoms with E-state index in [1.165, 1.54) is 0 Å².